The normalized spacial score (nSPS) is 22.6. The molecule has 2 aromatic heterocycles. The first kappa shape index (κ1) is 18.6. The molecule has 5 rings (SSSR count). The number of hydrogen-bond donors (Lipinski definition) is 1. The highest BCUT2D eigenvalue weighted by Gasteiger charge is 2.34. The van der Waals surface area contributed by atoms with Crippen LogP contribution in [0.25, 0.3) is 11.0 Å². The fourth-order valence-electron chi connectivity index (χ4n) is 4.67. The predicted molar refractivity (Wildman–Crippen MR) is 116 cm³/mol. The van der Waals surface area contributed by atoms with Crippen LogP contribution in [0.3, 0.4) is 0 Å². The van der Waals surface area contributed by atoms with E-state index in [9.17, 15) is 4.79 Å². The van der Waals surface area contributed by atoms with E-state index in [1.54, 1.807) is 0 Å². The Kier molecular flexibility index (Phi) is 5.24. The molecular formula is C22H26N4O2S. The maximum atomic E-state index is 12.1. The quantitative estimate of drug-likeness (QED) is 0.696. The van der Waals surface area contributed by atoms with Crippen LogP contribution in [-0.2, 0) is 0 Å². The third kappa shape index (κ3) is 3.89. The molecule has 29 heavy (non-hydrogen) atoms. The molecule has 0 radical (unpaired) electrons. The second-order valence-corrected chi connectivity index (χ2v) is 9.01. The van der Waals surface area contributed by atoms with Crippen molar-refractivity contribution >= 4 is 34.0 Å². The van der Waals surface area contributed by atoms with Gasteiger partial charge in [-0.05, 0) is 48.8 Å². The molecule has 1 N–H and O–H groups in total. The molecule has 1 aromatic carbocycles. The molecule has 0 aliphatic carbocycles. The van der Waals surface area contributed by atoms with Gasteiger partial charge in [-0.3, -0.25) is 9.69 Å². The van der Waals surface area contributed by atoms with Crippen molar-refractivity contribution < 1.29 is 9.32 Å². The van der Waals surface area contributed by atoms with Crippen molar-refractivity contribution in [3.8, 4) is 0 Å². The van der Waals surface area contributed by atoms with Gasteiger partial charge < -0.3 is 14.7 Å². The number of piperazine rings is 1. The van der Waals surface area contributed by atoms with E-state index in [0.717, 1.165) is 60.8 Å². The summed E-state index contributed by atoms with van der Waals surface area (Å²) < 4.78 is 5.51. The number of carbonyl (C=O) groups excluding carboxylic acids is 1. The number of aromatic nitrogens is 1. The smallest absolute Gasteiger partial charge is 0.261 e. The number of thiophene rings is 1. The number of rotatable bonds is 5. The molecule has 7 heteroatoms. The molecule has 2 saturated heterocycles. The lowest BCUT2D eigenvalue weighted by Gasteiger charge is -2.46. The fraction of sp³-hybridized carbons (Fsp3) is 0.455. The Morgan fingerprint density at radius 3 is 3.00 bits per heavy atom. The average Bonchev–Trinajstić information content (AvgIpc) is 3.43. The summed E-state index contributed by atoms with van der Waals surface area (Å²) in [7, 11) is 0. The lowest BCUT2D eigenvalue weighted by Crippen LogP contribution is -2.56. The minimum Gasteiger partial charge on any atom is -0.354 e. The van der Waals surface area contributed by atoms with E-state index < -0.39 is 0 Å². The summed E-state index contributed by atoms with van der Waals surface area (Å²) >= 11 is 1.49. The number of benzene rings is 1. The van der Waals surface area contributed by atoms with Gasteiger partial charge in [0.15, 0.2) is 11.4 Å². The van der Waals surface area contributed by atoms with Crippen LogP contribution in [0.4, 0.5) is 5.82 Å². The number of nitrogens with zero attached hydrogens (tertiary/aromatic N) is 3. The Morgan fingerprint density at radius 2 is 2.10 bits per heavy atom. The lowest BCUT2D eigenvalue weighted by atomic mass is 9.89. The minimum absolute atomic E-state index is 0.0575. The Bertz CT molecular complexity index is 970. The number of nitrogens with one attached hydrogen (secondary N) is 1. The Hall–Kier alpha value is -2.38. The first-order valence-corrected chi connectivity index (χ1v) is 11.3. The summed E-state index contributed by atoms with van der Waals surface area (Å²) in [6.45, 7) is 4.95. The highest BCUT2D eigenvalue weighted by atomic mass is 32.1. The van der Waals surface area contributed by atoms with Gasteiger partial charge in [0, 0.05) is 38.8 Å². The van der Waals surface area contributed by atoms with Crippen LogP contribution in [-0.4, -0.2) is 54.7 Å². The molecule has 3 aromatic rings. The van der Waals surface area contributed by atoms with Gasteiger partial charge in [0.1, 0.15) is 0 Å². The van der Waals surface area contributed by atoms with Gasteiger partial charge in [0.05, 0.1) is 10.3 Å². The van der Waals surface area contributed by atoms with Crippen LogP contribution in [0.1, 0.15) is 28.9 Å². The van der Waals surface area contributed by atoms with Crippen molar-refractivity contribution in [3.05, 3.63) is 46.7 Å². The third-order valence-electron chi connectivity index (χ3n) is 6.25. The lowest BCUT2D eigenvalue weighted by molar-refractivity contribution is 0.0878. The van der Waals surface area contributed by atoms with Crippen LogP contribution in [0.5, 0.6) is 0 Å². The Morgan fingerprint density at radius 1 is 1.17 bits per heavy atom. The molecule has 0 saturated carbocycles. The van der Waals surface area contributed by atoms with Crippen LogP contribution in [0.2, 0.25) is 0 Å². The van der Waals surface area contributed by atoms with E-state index >= 15 is 0 Å². The molecule has 2 atom stereocenters. The van der Waals surface area contributed by atoms with Crippen LogP contribution in [0, 0.1) is 5.92 Å². The van der Waals surface area contributed by atoms with E-state index in [-0.39, 0.29) is 5.91 Å². The van der Waals surface area contributed by atoms with Crippen LogP contribution in [0.15, 0.2) is 46.3 Å². The summed E-state index contributed by atoms with van der Waals surface area (Å²) in [5.41, 5.74) is 0.859. The minimum atomic E-state index is 0.0575. The average molecular weight is 411 g/mol. The molecule has 1 amide bonds. The molecule has 0 unspecified atom stereocenters. The van der Waals surface area contributed by atoms with Crippen molar-refractivity contribution in [2.75, 3.05) is 37.6 Å². The number of anilines is 1. The number of hydrogen-bond acceptors (Lipinski definition) is 6. The highest BCUT2D eigenvalue weighted by Crippen LogP contribution is 2.31. The topological polar surface area (TPSA) is 61.6 Å². The van der Waals surface area contributed by atoms with Gasteiger partial charge in [-0.2, -0.15) is 0 Å². The molecule has 0 bridgehead atoms. The highest BCUT2D eigenvalue weighted by molar-refractivity contribution is 7.12. The van der Waals surface area contributed by atoms with Gasteiger partial charge in [0.25, 0.3) is 5.91 Å². The second-order valence-electron chi connectivity index (χ2n) is 8.06. The van der Waals surface area contributed by atoms with Crippen LogP contribution >= 0.6 is 11.3 Å². The first-order valence-electron chi connectivity index (χ1n) is 10.4. The Balaban J connectivity index is 1.13. The molecule has 2 aliphatic rings. The largest absolute Gasteiger partial charge is 0.354 e. The van der Waals surface area contributed by atoms with Gasteiger partial charge in [-0.15, -0.1) is 11.3 Å². The molecule has 2 fully saturated rings. The van der Waals surface area contributed by atoms with Crippen molar-refractivity contribution in [1.29, 1.82) is 0 Å². The summed E-state index contributed by atoms with van der Waals surface area (Å²) in [5, 5.41) is 10.5. The molecule has 4 heterocycles. The SMILES string of the molecule is O=C(NCC[C@@H]1CC[C@H]2CN(c3noc4ccccc34)CCN2C1)c1cccs1. The van der Waals surface area contributed by atoms with E-state index in [4.69, 9.17) is 4.52 Å². The molecule has 0 spiro atoms. The van der Waals surface area contributed by atoms with Crippen molar-refractivity contribution in [2.24, 2.45) is 5.92 Å². The standard InChI is InChI=1S/C22H26N4O2S/c27-22(20-6-3-13-29-20)23-10-9-16-7-8-17-15-26(12-11-25(17)14-16)21-18-4-1-2-5-19(18)28-24-21/h1-6,13,16-17H,7-12,14-15H2,(H,23,27)/t16-,17-/m0/s1. The van der Waals surface area contributed by atoms with Gasteiger partial charge in [-0.1, -0.05) is 23.4 Å². The molecular weight excluding hydrogens is 384 g/mol. The van der Waals surface area contributed by atoms with Gasteiger partial charge in [-0.25, -0.2) is 0 Å². The van der Waals surface area contributed by atoms with Crippen molar-refractivity contribution in [1.82, 2.24) is 15.4 Å². The van der Waals surface area contributed by atoms with Crippen molar-refractivity contribution in [3.63, 3.8) is 0 Å². The zero-order valence-corrected chi connectivity index (χ0v) is 17.2. The number of para-hydroxylation sites is 1. The maximum Gasteiger partial charge on any atom is 0.261 e. The fourth-order valence-corrected chi connectivity index (χ4v) is 5.31. The Labute approximate surface area is 174 Å². The predicted octanol–water partition coefficient (Wildman–Crippen LogP) is 3.61. The number of amides is 1. The molecule has 152 valence electrons. The third-order valence-corrected chi connectivity index (χ3v) is 7.12. The monoisotopic (exact) mass is 410 g/mol. The zero-order valence-electron chi connectivity index (χ0n) is 16.4. The number of piperidine rings is 1. The number of fused-ring (bicyclic) bond motifs is 2. The summed E-state index contributed by atoms with van der Waals surface area (Å²) in [5.74, 6) is 1.70. The van der Waals surface area contributed by atoms with E-state index in [2.05, 4.69) is 26.3 Å². The van der Waals surface area contributed by atoms with Gasteiger partial charge >= 0.3 is 0 Å². The first-order chi connectivity index (χ1) is 14.3. The van der Waals surface area contributed by atoms with E-state index in [0.29, 0.717) is 12.0 Å². The molecule has 2 aliphatic heterocycles. The molecule has 6 nitrogen and oxygen atoms in total. The maximum absolute atomic E-state index is 12.1. The van der Waals surface area contributed by atoms with E-state index in [1.165, 1.54) is 24.2 Å². The second kappa shape index (κ2) is 8.16. The van der Waals surface area contributed by atoms with Crippen LogP contribution < -0.4 is 10.2 Å². The van der Waals surface area contributed by atoms with E-state index in [1.807, 2.05) is 35.7 Å². The number of carbonyl (C=O) groups is 1. The summed E-state index contributed by atoms with van der Waals surface area (Å²) in [4.78, 5) is 17.9. The zero-order chi connectivity index (χ0) is 19.6. The van der Waals surface area contributed by atoms with Gasteiger partial charge in [0.2, 0.25) is 0 Å². The summed E-state index contributed by atoms with van der Waals surface area (Å²) in [6, 6.07) is 12.5. The van der Waals surface area contributed by atoms with Crippen molar-refractivity contribution in [2.45, 2.75) is 25.3 Å². The summed E-state index contributed by atoms with van der Waals surface area (Å²) in [6.07, 6.45) is 3.48.